The normalized spacial score (nSPS) is 13.2. The zero-order chi connectivity index (χ0) is 11.4. The van der Waals surface area contributed by atoms with Crippen molar-refractivity contribution in [3.63, 3.8) is 0 Å². The van der Waals surface area contributed by atoms with E-state index in [1.54, 1.807) is 0 Å². The lowest BCUT2D eigenvalue weighted by atomic mass is 9.98. The van der Waals surface area contributed by atoms with E-state index in [9.17, 15) is 0 Å². The van der Waals surface area contributed by atoms with Crippen LogP contribution in [0.4, 0.5) is 0 Å². The van der Waals surface area contributed by atoms with Gasteiger partial charge in [0.25, 0.3) is 0 Å². The van der Waals surface area contributed by atoms with Crippen molar-refractivity contribution in [1.82, 2.24) is 0 Å². The molecule has 1 atom stereocenters. The second-order valence-corrected chi connectivity index (χ2v) is 5.46. The third kappa shape index (κ3) is 3.96. The van der Waals surface area contributed by atoms with E-state index in [1.807, 2.05) is 0 Å². The molecule has 0 bridgehead atoms. The molecule has 0 aromatic heterocycles. The highest BCUT2D eigenvalue weighted by Crippen LogP contribution is 2.26. The Morgan fingerprint density at radius 3 is 2.47 bits per heavy atom. The molecule has 0 heterocycles. The van der Waals surface area contributed by atoms with Crippen LogP contribution in [0.5, 0.6) is 0 Å². The molecule has 2 heteroatoms. The van der Waals surface area contributed by atoms with Gasteiger partial charge in [0.05, 0.1) is 0 Å². The van der Waals surface area contributed by atoms with Gasteiger partial charge in [0.1, 0.15) is 0 Å². The Hall–Kier alpha value is -0.340. The molecule has 0 aliphatic carbocycles. The van der Waals surface area contributed by atoms with Crippen molar-refractivity contribution in [2.75, 3.05) is 0 Å². The molecular formula is C13H20BrN. The summed E-state index contributed by atoms with van der Waals surface area (Å²) in [5.74, 6) is 0.722. The highest BCUT2D eigenvalue weighted by molar-refractivity contribution is 9.10. The highest BCUT2D eigenvalue weighted by atomic mass is 79.9. The maximum atomic E-state index is 6.16. The van der Waals surface area contributed by atoms with Crippen LogP contribution in [0.3, 0.4) is 0 Å². The van der Waals surface area contributed by atoms with E-state index in [0.717, 1.165) is 16.8 Å². The predicted molar refractivity (Wildman–Crippen MR) is 69.9 cm³/mol. The number of hydrogen-bond acceptors (Lipinski definition) is 1. The van der Waals surface area contributed by atoms with Crippen LogP contribution in [0.15, 0.2) is 22.7 Å². The first-order valence-electron chi connectivity index (χ1n) is 5.52. The van der Waals surface area contributed by atoms with Gasteiger partial charge in [-0.15, -0.1) is 0 Å². The lowest BCUT2D eigenvalue weighted by Gasteiger charge is -2.15. The fourth-order valence-electron chi connectivity index (χ4n) is 1.60. The lowest BCUT2D eigenvalue weighted by molar-refractivity contribution is 0.506. The summed E-state index contributed by atoms with van der Waals surface area (Å²) >= 11 is 3.57. The summed E-state index contributed by atoms with van der Waals surface area (Å²) in [6.45, 7) is 6.56. The number of aryl methyl sites for hydroxylation is 1. The summed E-state index contributed by atoms with van der Waals surface area (Å²) in [6.07, 6.45) is 2.24. The fourth-order valence-corrected chi connectivity index (χ4v) is 2.39. The fraction of sp³-hybridized carbons (Fsp3) is 0.538. The van der Waals surface area contributed by atoms with Crippen LogP contribution >= 0.6 is 15.9 Å². The number of benzene rings is 1. The van der Waals surface area contributed by atoms with E-state index in [1.165, 1.54) is 17.5 Å². The summed E-state index contributed by atoms with van der Waals surface area (Å²) in [5.41, 5.74) is 8.65. The third-order valence-corrected chi connectivity index (χ3v) is 3.30. The molecule has 0 saturated carbocycles. The van der Waals surface area contributed by atoms with Crippen LogP contribution in [0.25, 0.3) is 0 Å². The molecule has 0 radical (unpaired) electrons. The van der Waals surface area contributed by atoms with E-state index in [2.05, 4.69) is 54.9 Å². The minimum absolute atomic E-state index is 0.155. The third-order valence-electron chi connectivity index (χ3n) is 2.61. The average Bonchev–Trinajstić information content (AvgIpc) is 2.14. The van der Waals surface area contributed by atoms with Crippen molar-refractivity contribution in [1.29, 1.82) is 0 Å². The first-order valence-corrected chi connectivity index (χ1v) is 6.31. The van der Waals surface area contributed by atoms with E-state index < -0.39 is 0 Å². The van der Waals surface area contributed by atoms with Gasteiger partial charge in [-0.25, -0.2) is 0 Å². The average molecular weight is 270 g/mol. The summed E-state index contributed by atoms with van der Waals surface area (Å²) in [6, 6.07) is 6.53. The topological polar surface area (TPSA) is 26.0 Å². The van der Waals surface area contributed by atoms with Crippen molar-refractivity contribution >= 4 is 15.9 Å². The van der Waals surface area contributed by atoms with Gasteiger partial charge >= 0.3 is 0 Å². The largest absolute Gasteiger partial charge is 0.324 e. The first-order chi connectivity index (χ1) is 7.00. The van der Waals surface area contributed by atoms with Crippen LogP contribution in [0.1, 0.15) is 43.9 Å². The molecule has 1 nitrogen and oxygen atoms in total. The first kappa shape index (κ1) is 12.7. The summed E-state index contributed by atoms with van der Waals surface area (Å²) < 4.78 is 1.14. The molecular weight excluding hydrogens is 250 g/mol. The lowest BCUT2D eigenvalue weighted by Crippen LogP contribution is -2.11. The molecule has 0 aliphatic rings. The Kier molecular flexibility index (Phi) is 4.81. The second kappa shape index (κ2) is 5.66. The SMILES string of the molecule is Cc1ccc(C(N)CCC(C)C)c(Br)c1. The molecule has 0 saturated heterocycles. The van der Waals surface area contributed by atoms with E-state index in [-0.39, 0.29) is 6.04 Å². The van der Waals surface area contributed by atoms with E-state index in [4.69, 9.17) is 5.73 Å². The van der Waals surface area contributed by atoms with Gasteiger partial charge in [-0.05, 0) is 42.9 Å². The molecule has 1 unspecified atom stereocenters. The van der Waals surface area contributed by atoms with Gasteiger partial charge in [-0.2, -0.15) is 0 Å². The van der Waals surface area contributed by atoms with Gasteiger partial charge in [-0.3, -0.25) is 0 Å². The van der Waals surface area contributed by atoms with Crippen molar-refractivity contribution in [3.8, 4) is 0 Å². The van der Waals surface area contributed by atoms with Gasteiger partial charge in [0.2, 0.25) is 0 Å². The van der Waals surface area contributed by atoms with Crippen LogP contribution < -0.4 is 5.73 Å². The quantitative estimate of drug-likeness (QED) is 0.872. The van der Waals surface area contributed by atoms with Crippen LogP contribution in [0, 0.1) is 12.8 Å². The van der Waals surface area contributed by atoms with Gasteiger partial charge in [0, 0.05) is 10.5 Å². The number of hydrogen-bond donors (Lipinski definition) is 1. The Morgan fingerprint density at radius 2 is 1.93 bits per heavy atom. The Bertz CT molecular complexity index is 320. The summed E-state index contributed by atoms with van der Waals surface area (Å²) in [4.78, 5) is 0. The summed E-state index contributed by atoms with van der Waals surface area (Å²) in [7, 11) is 0. The van der Waals surface area contributed by atoms with E-state index >= 15 is 0 Å². The van der Waals surface area contributed by atoms with Gasteiger partial charge < -0.3 is 5.73 Å². The van der Waals surface area contributed by atoms with Gasteiger partial charge in [-0.1, -0.05) is 41.9 Å². The molecule has 0 aliphatic heterocycles. The van der Waals surface area contributed by atoms with Crippen molar-refractivity contribution < 1.29 is 0 Å². The predicted octanol–water partition coefficient (Wildman–Crippen LogP) is 4.19. The van der Waals surface area contributed by atoms with Crippen molar-refractivity contribution in [3.05, 3.63) is 33.8 Å². The molecule has 1 aromatic rings. The van der Waals surface area contributed by atoms with Crippen molar-refractivity contribution in [2.45, 2.75) is 39.7 Å². The summed E-state index contributed by atoms with van der Waals surface area (Å²) in [5, 5.41) is 0. The Balaban J connectivity index is 2.69. The minimum atomic E-state index is 0.155. The monoisotopic (exact) mass is 269 g/mol. The van der Waals surface area contributed by atoms with Gasteiger partial charge in [0.15, 0.2) is 0 Å². The minimum Gasteiger partial charge on any atom is -0.324 e. The Morgan fingerprint density at radius 1 is 1.27 bits per heavy atom. The second-order valence-electron chi connectivity index (χ2n) is 4.60. The zero-order valence-corrected chi connectivity index (χ0v) is 11.3. The number of nitrogens with two attached hydrogens (primary N) is 1. The number of rotatable bonds is 4. The van der Waals surface area contributed by atoms with E-state index in [0.29, 0.717) is 0 Å². The molecule has 2 N–H and O–H groups in total. The standard InChI is InChI=1S/C13H20BrN/c1-9(2)4-7-13(15)11-6-5-10(3)8-12(11)14/h5-6,8-9,13H,4,7,15H2,1-3H3. The molecule has 15 heavy (non-hydrogen) atoms. The Labute approximate surface area is 101 Å². The molecule has 0 amide bonds. The highest BCUT2D eigenvalue weighted by Gasteiger charge is 2.10. The smallest absolute Gasteiger partial charge is 0.0306 e. The molecule has 1 rings (SSSR count). The van der Waals surface area contributed by atoms with Crippen molar-refractivity contribution in [2.24, 2.45) is 11.7 Å². The molecule has 1 aromatic carbocycles. The molecule has 0 fully saturated rings. The maximum absolute atomic E-state index is 6.16. The number of halogens is 1. The molecule has 84 valence electrons. The zero-order valence-electron chi connectivity index (χ0n) is 9.76. The van der Waals surface area contributed by atoms with Crippen LogP contribution in [0.2, 0.25) is 0 Å². The van der Waals surface area contributed by atoms with Crippen LogP contribution in [-0.4, -0.2) is 0 Å². The van der Waals surface area contributed by atoms with Crippen LogP contribution in [-0.2, 0) is 0 Å². The maximum Gasteiger partial charge on any atom is 0.0306 e. The molecule has 0 spiro atoms.